The van der Waals surface area contributed by atoms with E-state index in [4.69, 9.17) is 0 Å². The maximum absolute atomic E-state index is 13.3. The van der Waals surface area contributed by atoms with E-state index in [0.29, 0.717) is 5.56 Å². The second-order valence-corrected chi connectivity index (χ2v) is 5.61. The normalized spacial score (nSPS) is 13.2. The van der Waals surface area contributed by atoms with Crippen LogP contribution in [0.15, 0.2) is 22.7 Å². The van der Waals surface area contributed by atoms with Gasteiger partial charge in [0.05, 0.1) is 7.11 Å². The molecule has 0 radical (unpaired) electrons. The molecule has 1 rings (SSSR count). The third-order valence-corrected chi connectivity index (χ3v) is 3.53. The first-order chi connectivity index (χ1) is 8.27. The lowest BCUT2D eigenvalue weighted by Gasteiger charge is -2.28. The topological polar surface area (TPSA) is 46.5 Å². The summed E-state index contributed by atoms with van der Waals surface area (Å²) >= 11 is 3.35. The van der Waals surface area contributed by atoms with Crippen molar-refractivity contribution >= 4 is 21.9 Å². The van der Waals surface area contributed by atoms with Crippen molar-refractivity contribution < 1.29 is 19.0 Å². The van der Waals surface area contributed by atoms with Gasteiger partial charge < -0.3 is 9.84 Å². The molecule has 3 nitrogen and oxygen atoms in total. The van der Waals surface area contributed by atoms with Gasteiger partial charge in [0.1, 0.15) is 5.82 Å². The van der Waals surface area contributed by atoms with Crippen LogP contribution >= 0.6 is 15.9 Å². The van der Waals surface area contributed by atoms with E-state index in [1.807, 2.05) is 13.8 Å². The van der Waals surface area contributed by atoms with Crippen LogP contribution in [0.2, 0.25) is 0 Å². The Morgan fingerprint density at radius 1 is 1.56 bits per heavy atom. The maximum atomic E-state index is 13.3. The minimum absolute atomic E-state index is 0.154. The molecule has 1 unspecified atom stereocenters. The van der Waals surface area contributed by atoms with Gasteiger partial charge in [0.2, 0.25) is 0 Å². The van der Waals surface area contributed by atoms with Gasteiger partial charge in [-0.25, -0.2) is 9.18 Å². The third kappa shape index (κ3) is 3.53. The van der Waals surface area contributed by atoms with Crippen LogP contribution in [-0.2, 0) is 14.9 Å². The predicted octanol–water partition coefficient (Wildman–Crippen LogP) is 2.79. The summed E-state index contributed by atoms with van der Waals surface area (Å²) in [6, 6.07) is 4.35. The Morgan fingerprint density at radius 3 is 2.72 bits per heavy atom. The van der Waals surface area contributed by atoms with Crippen molar-refractivity contribution in [1.82, 2.24) is 0 Å². The van der Waals surface area contributed by atoms with Gasteiger partial charge in [-0.2, -0.15) is 0 Å². The highest BCUT2D eigenvalue weighted by atomic mass is 79.9. The van der Waals surface area contributed by atoms with Gasteiger partial charge in [0.15, 0.2) is 6.10 Å². The zero-order valence-corrected chi connectivity index (χ0v) is 12.1. The molecule has 1 N–H and O–H groups in total. The highest BCUT2D eigenvalue weighted by Crippen LogP contribution is 2.34. The molecule has 0 bridgehead atoms. The number of ether oxygens (including phenoxy) is 1. The molecule has 0 saturated heterocycles. The lowest BCUT2D eigenvalue weighted by Crippen LogP contribution is -2.31. The van der Waals surface area contributed by atoms with Gasteiger partial charge in [-0.05, 0) is 35.6 Å². The van der Waals surface area contributed by atoms with E-state index in [0.717, 1.165) is 4.47 Å². The second kappa shape index (κ2) is 5.80. The lowest BCUT2D eigenvalue weighted by molar-refractivity contribution is -0.151. The first-order valence-electron chi connectivity index (χ1n) is 5.49. The molecule has 0 aromatic heterocycles. The number of carbonyl (C=O) groups is 1. The zero-order chi connectivity index (χ0) is 13.9. The lowest BCUT2D eigenvalue weighted by atomic mass is 9.79. The molecule has 0 heterocycles. The Kier molecular flexibility index (Phi) is 4.87. The first kappa shape index (κ1) is 15.1. The Morgan fingerprint density at radius 2 is 2.17 bits per heavy atom. The average Bonchev–Trinajstić information content (AvgIpc) is 2.30. The van der Waals surface area contributed by atoms with Crippen LogP contribution in [-0.4, -0.2) is 24.3 Å². The first-order valence-corrected chi connectivity index (χ1v) is 6.28. The summed E-state index contributed by atoms with van der Waals surface area (Å²) in [4.78, 5) is 11.2. The Labute approximate surface area is 114 Å². The van der Waals surface area contributed by atoms with E-state index in [-0.39, 0.29) is 12.2 Å². The van der Waals surface area contributed by atoms with Crippen molar-refractivity contribution in [3.63, 3.8) is 0 Å². The van der Waals surface area contributed by atoms with E-state index in [1.165, 1.54) is 19.2 Å². The van der Waals surface area contributed by atoms with Crippen molar-refractivity contribution in [2.75, 3.05) is 7.11 Å². The summed E-state index contributed by atoms with van der Waals surface area (Å²) in [6.45, 7) is 3.66. The van der Waals surface area contributed by atoms with Gasteiger partial charge in [-0.3, -0.25) is 0 Å². The largest absolute Gasteiger partial charge is 0.467 e. The van der Waals surface area contributed by atoms with E-state index in [1.54, 1.807) is 6.07 Å². The maximum Gasteiger partial charge on any atom is 0.334 e. The summed E-state index contributed by atoms with van der Waals surface area (Å²) in [7, 11) is 1.22. The van der Waals surface area contributed by atoms with Crippen LogP contribution in [0.1, 0.15) is 25.8 Å². The molecule has 5 heteroatoms. The summed E-state index contributed by atoms with van der Waals surface area (Å²) in [5.41, 5.74) is 0.139. The van der Waals surface area contributed by atoms with Gasteiger partial charge in [-0.1, -0.05) is 29.8 Å². The van der Waals surface area contributed by atoms with Crippen molar-refractivity contribution in [1.29, 1.82) is 0 Å². The van der Waals surface area contributed by atoms with Crippen LogP contribution in [0, 0.1) is 5.82 Å². The number of benzene rings is 1. The molecule has 0 aliphatic heterocycles. The van der Waals surface area contributed by atoms with E-state index >= 15 is 0 Å². The fourth-order valence-corrected chi connectivity index (χ4v) is 2.61. The Balaban J connectivity index is 2.98. The van der Waals surface area contributed by atoms with Gasteiger partial charge in [0, 0.05) is 4.47 Å². The SMILES string of the molecule is COC(=O)C(O)CC(C)(C)c1cc(F)ccc1Br. The second-order valence-electron chi connectivity index (χ2n) is 4.75. The van der Waals surface area contributed by atoms with Crippen LogP contribution < -0.4 is 0 Å². The van der Waals surface area contributed by atoms with Crippen LogP contribution in [0.5, 0.6) is 0 Å². The fraction of sp³-hybridized carbons (Fsp3) is 0.462. The number of rotatable bonds is 4. The smallest absolute Gasteiger partial charge is 0.334 e. The van der Waals surface area contributed by atoms with Gasteiger partial charge in [0.25, 0.3) is 0 Å². The summed E-state index contributed by atoms with van der Waals surface area (Å²) < 4.78 is 18.5. The minimum Gasteiger partial charge on any atom is -0.467 e. The molecular formula is C13H16BrFO3. The third-order valence-electron chi connectivity index (χ3n) is 2.83. The molecule has 1 aromatic carbocycles. The number of methoxy groups -OCH3 is 1. The van der Waals surface area contributed by atoms with E-state index in [2.05, 4.69) is 20.7 Å². The summed E-state index contributed by atoms with van der Waals surface area (Å²) in [5, 5.41) is 9.69. The van der Waals surface area contributed by atoms with Gasteiger partial charge >= 0.3 is 5.97 Å². The number of halogens is 2. The molecule has 0 amide bonds. The monoisotopic (exact) mass is 318 g/mol. The quantitative estimate of drug-likeness (QED) is 0.868. The molecule has 0 aliphatic carbocycles. The van der Waals surface area contributed by atoms with E-state index < -0.39 is 17.5 Å². The molecular weight excluding hydrogens is 303 g/mol. The molecule has 0 spiro atoms. The van der Waals surface area contributed by atoms with Crippen molar-refractivity contribution in [2.45, 2.75) is 31.8 Å². The fourth-order valence-electron chi connectivity index (χ4n) is 1.83. The number of aliphatic hydroxyl groups is 1. The average molecular weight is 319 g/mol. The number of hydrogen-bond acceptors (Lipinski definition) is 3. The summed E-state index contributed by atoms with van der Waals surface area (Å²) in [5.74, 6) is -1.04. The molecule has 18 heavy (non-hydrogen) atoms. The van der Waals surface area contributed by atoms with Crippen LogP contribution in [0.3, 0.4) is 0 Å². The molecule has 100 valence electrons. The zero-order valence-electron chi connectivity index (χ0n) is 10.5. The van der Waals surface area contributed by atoms with Gasteiger partial charge in [-0.15, -0.1) is 0 Å². The summed E-state index contributed by atoms with van der Waals surface area (Å²) in [6.07, 6.45) is -1.07. The molecule has 0 saturated carbocycles. The number of hydrogen-bond donors (Lipinski definition) is 1. The Hall–Kier alpha value is -0.940. The standard InChI is InChI=1S/C13H16BrFO3/c1-13(2,7-11(16)12(17)18-3)9-6-8(15)4-5-10(9)14/h4-6,11,16H,7H2,1-3H3. The molecule has 1 aromatic rings. The van der Waals surface area contributed by atoms with Crippen molar-refractivity contribution in [3.05, 3.63) is 34.1 Å². The van der Waals surface area contributed by atoms with Crippen molar-refractivity contribution in [3.8, 4) is 0 Å². The number of aliphatic hydroxyl groups excluding tert-OH is 1. The van der Waals surface area contributed by atoms with E-state index in [9.17, 15) is 14.3 Å². The molecule has 0 aliphatic rings. The highest BCUT2D eigenvalue weighted by molar-refractivity contribution is 9.10. The van der Waals surface area contributed by atoms with Crippen molar-refractivity contribution in [2.24, 2.45) is 0 Å². The minimum atomic E-state index is -1.22. The molecule has 1 atom stereocenters. The number of esters is 1. The highest BCUT2D eigenvalue weighted by Gasteiger charge is 2.30. The number of carbonyl (C=O) groups excluding carboxylic acids is 1. The van der Waals surface area contributed by atoms with Crippen LogP contribution in [0.4, 0.5) is 4.39 Å². The predicted molar refractivity (Wildman–Crippen MR) is 69.8 cm³/mol. The Bertz CT molecular complexity index is 446. The van der Waals surface area contributed by atoms with Crippen LogP contribution in [0.25, 0.3) is 0 Å². The molecule has 0 fully saturated rings.